The zero-order valence-corrected chi connectivity index (χ0v) is 41.6. The molecule has 0 aromatic heterocycles. The molecule has 0 spiro atoms. The minimum absolute atomic E-state index is 0.0141. The van der Waals surface area contributed by atoms with Crippen LogP contribution in [-0.2, 0) is 14.3 Å². The van der Waals surface area contributed by atoms with Crippen molar-refractivity contribution in [1.29, 1.82) is 0 Å². The summed E-state index contributed by atoms with van der Waals surface area (Å²) in [5, 5.41) is 23.1. The van der Waals surface area contributed by atoms with E-state index in [4.69, 9.17) is 4.74 Å². The Morgan fingerprint density at radius 2 is 0.758 bits per heavy atom. The standard InChI is InChI=1S/C56H107NO5/c1-3-5-7-9-11-13-15-16-17-18-19-20-21-22-23-25-29-32-36-40-44-48-54(59)53(52-58)57-55(60)49-45-41-37-33-30-26-24-27-31-35-39-43-47-51-62-56(61)50-46-42-38-34-28-14-12-10-8-6-4-2/h26,30,44,48,53-54,58-59H,3-25,27-29,31-43,45-47,49-52H2,1-2H3,(H,57,60)/b30-26-,48-44+. The monoisotopic (exact) mass is 874 g/mol. The van der Waals surface area contributed by atoms with Crippen LogP contribution in [0, 0.1) is 0 Å². The Kier molecular flexibility index (Phi) is 50.6. The highest BCUT2D eigenvalue weighted by Crippen LogP contribution is 2.16. The van der Waals surface area contributed by atoms with E-state index in [1.807, 2.05) is 6.08 Å². The fourth-order valence-electron chi connectivity index (χ4n) is 8.45. The lowest BCUT2D eigenvalue weighted by Gasteiger charge is -2.19. The average molecular weight is 874 g/mol. The lowest BCUT2D eigenvalue weighted by Crippen LogP contribution is -2.45. The molecule has 6 heteroatoms. The van der Waals surface area contributed by atoms with Gasteiger partial charge in [0.1, 0.15) is 0 Å². The summed E-state index contributed by atoms with van der Waals surface area (Å²) in [5.41, 5.74) is 0. The van der Waals surface area contributed by atoms with E-state index in [0.717, 1.165) is 70.6 Å². The van der Waals surface area contributed by atoms with E-state index in [1.165, 1.54) is 199 Å². The van der Waals surface area contributed by atoms with E-state index in [1.54, 1.807) is 6.08 Å². The molecule has 0 bridgehead atoms. The van der Waals surface area contributed by atoms with Gasteiger partial charge in [-0.25, -0.2) is 0 Å². The quantitative estimate of drug-likeness (QED) is 0.0321. The van der Waals surface area contributed by atoms with E-state index >= 15 is 0 Å². The van der Waals surface area contributed by atoms with Gasteiger partial charge >= 0.3 is 5.97 Å². The molecule has 0 fully saturated rings. The Morgan fingerprint density at radius 3 is 1.16 bits per heavy atom. The van der Waals surface area contributed by atoms with Crippen LogP contribution in [0.3, 0.4) is 0 Å². The topological polar surface area (TPSA) is 95.9 Å². The Hall–Kier alpha value is -1.66. The van der Waals surface area contributed by atoms with Crippen LogP contribution in [0.5, 0.6) is 0 Å². The Bertz CT molecular complexity index is 966. The number of nitrogens with one attached hydrogen (secondary N) is 1. The van der Waals surface area contributed by atoms with Crippen molar-refractivity contribution in [2.24, 2.45) is 0 Å². The minimum Gasteiger partial charge on any atom is -0.466 e. The highest BCUT2D eigenvalue weighted by atomic mass is 16.5. The molecule has 0 saturated heterocycles. The van der Waals surface area contributed by atoms with Gasteiger partial charge in [-0.15, -0.1) is 0 Å². The molecule has 3 N–H and O–H groups in total. The number of carbonyl (C=O) groups is 2. The molecule has 0 aliphatic heterocycles. The minimum atomic E-state index is -0.861. The molecule has 0 aromatic rings. The smallest absolute Gasteiger partial charge is 0.305 e. The molecule has 0 radical (unpaired) electrons. The second-order valence-corrected chi connectivity index (χ2v) is 18.9. The summed E-state index contributed by atoms with van der Waals surface area (Å²) in [6.45, 7) is 4.87. The number of amides is 1. The first-order valence-corrected chi connectivity index (χ1v) is 27.6. The second kappa shape index (κ2) is 52.0. The van der Waals surface area contributed by atoms with Gasteiger partial charge in [-0.05, 0) is 57.8 Å². The number of carbonyl (C=O) groups excluding carboxylic acids is 2. The van der Waals surface area contributed by atoms with Crippen LogP contribution < -0.4 is 5.32 Å². The van der Waals surface area contributed by atoms with Gasteiger partial charge in [0.25, 0.3) is 0 Å². The van der Waals surface area contributed by atoms with Crippen molar-refractivity contribution >= 4 is 11.9 Å². The molecular weight excluding hydrogens is 767 g/mol. The van der Waals surface area contributed by atoms with Crippen molar-refractivity contribution in [3.8, 4) is 0 Å². The second-order valence-electron chi connectivity index (χ2n) is 18.9. The number of hydrogen-bond donors (Lipinski definition) is 3. The first kappa shape index (κ1) is 60.3. The van der Waals surface area contributed by atoms with Gasteiger partial charge in [0.15, 0.2) is 0 Å². The molecule has 2 atom stereocenters. The summed E-state index contributed by atoms with van der Waals surface area (Å²) in [6, 6.07) is -0.648. The van der Waals surface area contributed by atoms with Gasteiger partial charge in [-0.2, -0.15) is 0 Å². The number of aliphatic hydroxyl groups excluding tert-OH is 2. The molecule has 2 unspecified atom stereocenters. The maximum atomic E-state index is 12.5. The van der Waals surface area contributed by atoms with Crippen LogP contribution in [-0.4, -0.2) is 47.4 Å². The maximum Gasteiger partial charge on any atom is 0.305 e. The average Bonchev–Trinajstić information content (AvgIpc) is 3.27. The number of unbranched alkanes of at least 4 members (excludes halogenated alkanes) is 38. The zero-order valence-electron chi connectivity index (χ0n) is 41.6. The maximum absolute atomic E-state index is 12.5. The molecule has 6 nitrogen and oxygen atoms in total. The van der Waals surface area contributed by atoms with Crippen LogP contribution in [0.2, 0.25) is 0 Å². The summed E-state index contributed by atoms with van der Waals surface area (Å²) in [7, 11) is 0. The van der Waals surface area contributed by atoms with Gasteiger partial charge in [0, 0.05) is 12.8 Å². The van der Waals surface area contributed by atoms with Crippen LogP contribution in [0.1, 0.15) is 296 Å². The lowest BCUT2D eigenvalue weighted by molar-refractivity contribution is -0.143. The molecule has 0 heterocycles. The van der Waals surface area contributed by atoms with Crippen molar-refractivity contribution in [3.63, 3.8) is 0 Å². The van der Waals surface area contributed by atoms with Gasteiger partial charge in [0.2, 0.25) is 5.91 Å². The molecule has 0 aliphatic carbocycles. The predicted octanol–water partition coefficient (Wildman–Crippen LogP) is 16.7. The molecular formula is C56H107NO5. The summed E-state index contributed by atoms with van der Waals surface area (Å²) in [6.07, 6.45) is 61.9. The molecule has 0 aromatic carbocycles. The van der Waals surface area contributed by atoms with Gasteiger partial charge in [-0.1, -0.05) is 250 Å². The van der Waals surface area contributed by atoms with E-state index in [9.17, 15) is 19.8 Å². The van der Waals surface area contributed by atoms with Crippen molar-refractivity contribution < 1.29 is 24.5 Å². The number of hydrogen-bond acceptors (Lipinski definition) is 5. The van der Waals surface area contributed by atoms with Crippen LogP contribution in [0.4, 0.5) is 0 Å². The normalized spacial score (nSPS) is 12.8. The van der Waals surface area contributed by atoms with E-state index in [-0.39, 0.29) is 18.5 Å². The number of esters is 1. The molecule has 0 rings (SSSR count). The van der Waals surface area contributed by atoms with Crippen molar-refractivity contribution in [2.45, 2.75) is 309 Å². The fourth-order valence-corrected chi connectivity index (χ4v) is 8.45. The molecule has 0 saturated carbocycles. The van der Waals surface area contributed by atoms with Gasteiger partial charge < -0.3 is 20.3 Å². The molecule has 62 heavy (non-hydrogen) atoms. The van der Waals surface area contributed by atoms with E-state index in [0.29, 0.717) is 19.4 Å². The molecule has 366 valence electrons. The lowest BCUT2D eigenvalue weighted by atomic mass is 10.0. The third-order valence-corrected chi connectivity index (χ3v) is 12.7. The van der Waals surface area contributed by atoms with Crippen LogP contribution in [0.15, 0.2) is 24.3 Å². The fraction of sp³-hybridized carbons (Fsp3) is 0.893. The highest BCUT2D eigenvalue weighted by Gasteiger charge is 2.18. The van der Waals surface area contributed by atoms with E-state index < -0.39 is 12.1 Å². The van der Waals surface area contributed by atoms with Crippen molar-refractivity contribution in [3.05, 3.63) is 24.3 Å². The third kappa shape index (κ3) is 47.8. The van der Waals surface area contributed by atoms with Crippen LogP contribution in [0.25, 0.3) is 0 Å². The number of allylic oxidation sites excluding steroid dienone is 3. The summed E-state index contributed by atoms with van der Waals surface area (Å²) in [4.78, 5) is 24.4. The SMILES string of the molecule is CCCCCCCCCCCCCCCCCCCCC/C=C/C(O)C(CO)NC(=O)CCCCC/C=C\CCCCCCCCOC(=O)CCCCCCCCCCCCC. The molecule has 0 aliphatic rings. The Labute approximate surface area is 386 Å². The van der Waals surface area contributed by atoms with Crippen molar-refractivity contribution in [1.82, 2.24) is 5.32 Å². The Morgan fingerprint density at radius 1 is 0.435 bits per heavy atom. The zero-order chi connectivity index (χ0) is 45.1. The highest BCUT2D eigenvalue weighted by molar-refractivity contribution is 5.76. The number of ether oxygens (including phenoxy) is 1. The third-order valence-electron chi connectivity index (χ3n) is 12.7. The van der Waals surface area contributed by atoms with Gasteiger partial charge in [-0.3, -0.25) is 9.59 Å². The summed E-state index contributed by atoms with van der Waals surface area (Å²) < 4.78 is 5.44. The summed E-state index contributed by atoms with van der Waals surface area (Å²) in [5.74, 6) is -0.110. The first-order chi connectivity index (χ1) is 30.5. The molecule has 1 amide bonds. The van der Waals surface area contributed by atoms with E-state index in [2.05, 4.69) is 31.3 Å². The van der Waals surface area contributed by atoms with Gasteiger partial charge in [0.05, 0.1) is 25.4 Å². The predicted molar refractivity (Wildman–Crippen MR) is 269 cm³/mol. The summed E-state index contributed by atoms with van der Waals surface area (Å²) >= 11 is 0. The van der Waals surface area contributed by atoms with Crippen LogP contribution >= 0.6 is 0 Å². The van der Waals surface area contributed by atoms with Crippen molar-refractivity contribution in [2.75, 3.05) is 13.2 Å². The first-order valence-electron chi connectivity index (χ1n) is 27.6. The number of aliphatic hydroxyl groups is 2. The Balaban J connectivity index is 3.54. The number of rotatable bonds is 51. The largest absolute Gasteiger partial charge is 0.466 e.